The summed E-state index contributed by atoms with van der Waals surface area (Å²) >= 11 is 0. The molecule has 5 nitrogen and oxygen atoms in total. The van der Waals surface area contributed by atoms with Gasteiger partial charge in [-0.1, -0.05) is 32.1 Å². The van der Waals surface area contributed by atoms with E-state index in [9.17, 15) is 14.7 Å². The third-order valence-corrected chi connectivity index (χ3v) is 7.40. The fourth-order valence-corrected chi connectivity index (χ4v) is 5.31. The smallest absolute Gasteiger partial charge is 0.312 e. The molecule has 1 heterocycles. The number of ether oxygens (including phenoxy) is 2. The summed E-state index contributed by atoms with van der Waals surface area (Å²) in [6.07, 6.45) is 10.9. The molecule has 1 saturated carbocycles. The van der Waals surface area contributed by atoms with Gasteiger partial charge in [-0.05, 0) is 62.4 Å². The first-order chi connectivity index (χ1) is 13.7. The van der Waals surface area contributed by atoms with Crippen molar-refractivity contribution in [3.8, 4) is 0 Å². The number of fused-ring (bicyclic) bond motifs is 1. The molecule has 0 unspecified atom stereocenters. The Balaban J connectivity index is 1.49. The third-order valence-electron chi connectivity index (χ3n) is 7.40. The van der Waals surface area contributed by atoms with E-state index in [1.54, 1.807) is 0 Å². The third kappa shape index (κ3) is 4.45. The lowest BCUT2D eigenvalue weighted by Crippen LogP contribution is -2.42. The molecule has 160 valence electrons. The Morgan fingerprint density at radius 3 is 2.72 bits per heavy atom. The maximum Gasteiger partial charge on any atom is 0.312 e. The summed E-state index contributed by atoms with van der Waals surface area (Å²) in [5, 5.41) is 9.90. The standard InChI is InChI=1S/C24H34O5/c1-14-10-16-5-4-15(2)19(7-6-18-12-17(25)13-21(26)28-18)22(16)20(11-14)29-23(27)24(3)8-9-24/h4-5,10,14-15,17-20,22,25H,6-9,11-13H2,1-3H3/t14-,15-,17+,18+,19-,20-,22-/m0/s1. The molecule has 0 bridgehead atoms. The SMILES string of the molecule is C[C@H]1C=C2C=C[C@H](C)[C@H](CC[C@@H]3C[C@@H](O)CC(=O)O3)[C@H]2[C@@H](OC(=O)C2(C)CC2)C1. The van der Waals surface area contributed by atoms with Crippen LogP contribution in [0.15, 0.2) is 23.8 Å². The second-order valence-electron chi connectivity index (χ2n) is 10.1. The van der Waals surface area contributed by atoms with Crippen LogP contribution in [0.5, 0.6) is 0 Å². The Kier molecular flexibility index (Phi) is 5.62. The summed E-state index contributed by atoms with van der Waals surface area (Å²) < 4.78 is 11.6. The molecule has 4 rings (SSSR count). The molecule has 4 aliphatic rings. The highest BCUT2D eigenvalue weighted by molar-refractivity contribution is 5.79. The number of aliphatic hydroxyl groups excluding tert-OH is 1. The van der Waals surface area contributed by atoms with Gasteiger partial charge in [-0.2, -0.15) is 0 Å². The van der Waals surface area contributed by atoms with Crippen molar-refractivity contribution in [2.75, 3.05) is 0 Å². The van der Waals surface area contributed by atoms with Gasteiger partial charge in [-0.15, -0.1) is 0 Å². The van der Waals surface area contributed by atoms with Gasteiger partial charge in [0.05, 0.1) is 17.9 Å². The van der Waals surface area contributed by atoms with Crippen LogP contribution in [0.2, 0.25) is 0 Å². The lowest BCUT2D eigenvalue weighted by atomic mass is 9.65. The molecule has 1 saturated heterocycles. The Labute approximate surface area is 173 Å². The van der Waals surface area contributed by atoms with Crippen LogP contribution in [0, 0.1) is 29.1 Å². The predicted octanol–water partition coefficient (Wildman–Crippen LogP) is 3.95. The highest BCUT2D eigenvalue weighted by Gasteiger charge is 2.49. The van der Waals surface area contributed by atoms with Crippen molar-refractivity contribution in [3.05, 3.63) is 23.8 Å². The first kappa shape index (κ1) is 20.6. The zero-order chi connectivity index (χ0) is 20.8. The Bertz CT molecular complexity index is 719. The van der Waals surface area contributed by atoms with Crippen molar-refractivity contribution in [2.45, 2.75) is 84.0 Å². The highest BCUT2D eigenvalue weighted by atomic mass is 16.6. The van der Waals surface area contributed by atoms with Gasteiger partial charge in [-0.25, -0.2) is 0 Å². The quantitative estimate of drug-likeness (QED) is 0.705. The summed E-state index contributed by atoms with van der Waals surface area (Å²) in [6.45, 7) is 6.41. The van der Waals surface area contributed by atoms with Crippen molar-refractivity contribution in [1.29, 1.82) is 0 Å². The van der Waals surface area contributed by atoms with Crippen molar-refractivity contribution >= 4 is 11.9 Å². The molecule has 1 N–H and O–H groups in total. The van der Waals surface area contributed by atoms with E-state index in [1.807, 2.05) is 6.92 Å². The molecular formula is C24H34O5. The minimum atomic E-state index is -0.594. The normalized spacial score (nSPS) is 40.5. The van der Waals surface area contributed by atoms with Crippen LogP contribution in [-0.4, -0.2) is 35.4 Å². The molecule has 7 atom stereocenters. The molecular weight excluding hydrogens is 368 g/mol. The monoisotopic (exact) mass is 402 g/mol. The second kappa shape index (κ2) is 7.90. The van der Waals surface area contributed by atoms with E-state index < -0.39 is 6.10 Å². The number of hydrogen-bond acceptors (Lipinski definition) is 5. The minimum Gasteiger partial charge on any atom is -0.462 e. The number of aliphatic hydroxyl groups is 1. The molecule has 2 fully saturated rings. The first-order valence-electron chi connectivity index (χ1n) is 11.2. The summed E-state index contributed by atoms with van der Waals surface area (Å²) in [4.78, 5) is 24.4. The fraction of sp³-hybridized carbons (Fsp3) is 0.750. The van der Waals surface area contributed by atoms with Crippen LogP contribution in [0.1, 0.15) is 65.7 Å². The molecule has 1 aliphatic heterocycles. The maximum atomic E-state index is 12.7. The number of cyclic esters (lactones) is 1. The van der Waals surface area contributed by atoms with Gasteiger partial charge in [0, 0.05) is 12.3 Å². The molecule has 0 aromatic carbocycles. The van der Waals surface area contributed by atoms with Crippen molar-refractivity contribution in [1.82, 2.24) is 0 Å². The van der Waals surface area contributed by atoms with E-state index >= 15 is 0 Å². The lowest BCUT2D eigenvalue weighted by molar-refractivity contribution is -0.163. The summed E-state index contributed by atoms with van der Waals surface area (Å²) in [6, 6.07) is 0. The van der Waals surface area contributed by atoms with Gasteiger partial charge < -0.3 is 14.6 Å². The van der Waals surface area contributed by atoms with Gasteiger partial charge in [0.1, 0.15) is 12.2 Å². The highest BCUT2D eigenvalue weighted by Crippen LogP contribution is 2.49. The summed E-state index contributed by atoms with van der Waals surface area (Å²) in [7, 11) is 0. The van der Waals surface area contributed by atoms with E-state index in [1.165, 1.54) is 5.57 Å². The molecule has 5 heteroatoms. The average Bonchev–Trinajstić information content (AvgIpc) is 3.39. The van der Waals surface area contributed by atoms with Crippen LogP contribution in [0.25, 0.3) is 0 Å². The van der Waals surface area contributed by atoms with Crippen LogP contribution >= 0.6 is 0 Å². The molecule has 0 amide bonds. The number of rotatable bonds is 5. The van der Waals surface area contributed by atoms with Crippen molar-refractivity contribution in [3.63, 3.8) is 0 Å². The number of carbonyl (C=O) groups is 2. The van der Waals surface area contributed by atoms with Crippen LogP contribution < -0.4 is 0 Å². The number of esters is 2. The van der Waals surface area contributed by atoms with E-state index in [0.717, 1.165) is 32.1 Å². The molecule has 0 spiro atoms. The van der Waals surface area contributed by atoms with Gasteiger partial charge >= 0.3 is 11.9 Å². The van der Waals surface area contributed by atoms with Crippen LogP contribution in [-0.2, 0) is 19.1 Å². The van der Waals surface area contributed by atoms with Gasteiger partial charge in [0.25, 0.3) is 0 Å². The maximum absolute atomic E-state index is 12.7. The topological polar surface area (TPSA) is 72.8 Å². The Morgan fingerprint density at radius 2 is 2.03 bits per heavy atom. The molecule has 0 radical (unpaired) electrons. The molecule has 0 aromatic heterocycles. The van der Waals surface area contributed by atoms with Crippen LogP contribution in [0.4, 0.5) is 0 Å². The van der Waals surface area contributed by atoms with Crippen molar-refractivity contribution in [2.24, 2.45) is 29.1 Å². The van der Waals surface area contributed by atoms with E-state index in [4.69, 9.17) is 9.47 Å². The van der Waals surface area contributed by atoms with Gasteiger partial charge in [0.2, 0.25) is 0 Å². The fourth-order valence-electron chi connectivity index (χ4n) is 5.31. The van der Waals surface area contributed by atoms with Crippen LogP contribution in [0.3, 0.4) is 0 Å². The van der Waals surface area contributed by atoms with Crippen molar-refractivity contribution < 1.29 is 24.2 Å². The number of hydrogen-bond donors (Lipinski definition) is 1. The Hall–Kier alpha value is -1.62. The first-order valence-corrected chi connectivity index (χ1v) is 11.2. The minimum absolute atomic E-state index is 0.0405. The van der Waals surface area contributed by atoms with E-state index in [-0.39, 0.29) is 41.9 Å². The van der Waals surface area contributed by atoms with E-state index in [0.29, 0.717) is 24.2 Å². The number of carbonyl (C=O) groups excluding carboxylic acids is 2. The lowest BCUT2D eigenvalue weighted by Gasteiger charge is -2.43. The number of allylic oxidation sites excluding steroid dienone is 3. The Morgan fingerprint density at radius 1 is 1.28 bits per heavy atom. The van der Waals surface area contributed by atoms with Gasteiger partial charge in [-0.3, -0.25) is 9.59 Å². The zero-order valence-corrected chi connectivity index (χ0v) is 17.8. The zero-order valence-electron chi connectivity index (χ0n) is 17.8. The average molecular weight is 403 g/mol. The van der Waals surface area contributed by atoms with Gasteiger partial charge in [0.15, 0.2) is 0 Å². The molecule has 29 heavy (non-hydrogen) atoms. The second-order valence-corrected chi connectivity index (χ2v) is 10.1. The summed E-state index contributed by atoms with van der Waals surface area (Å²) in [5.74, 6) is 0.942. The molecule has 0 aromatic rings. The predicted molar refractivity (Wildman–Crippen MR) is 109 cm³/mol. The largest absolute Gasteiger partial charge is 0.462 e. The molecule has 3 aliphatic carbocycles. The summed E-state index contributed by atoms with van der Waals surface area (Å²) in [5.41, 5.74) is 1.01. The van der Waals surface area contributed by atoms with E-state index in [2.05, 4.69) is 32.1 Å².